The van der Waals surface area contributed by atoms with Crippen LogP contribution in [0.5, 0.6) is 0 Å². The first-order valence-electron chi connectivity index (χ1n) is 7.88. The molecule has 1 N–H and O–H groups in total. The molecule has 2 heterocycles. The zero-order chi connectivity index (χ0) is 15.7. The van der Waals surface area contributed by atoms with Gasteiger partial charge in [-0.05, 0) is 37.0 Å². The van der Waals surface area contributed by atoms with Crippen molar-refractivity contribution in [2.75, 3.05) is 6.54 Å². The van der Waals surface area contributed by atoms with Crippen molar-refractivity contribution < 1.29 is 4.79 Å². The molecule has 0 saturated carbocycles. The molecule has 5 heteroatoms. The summed E-state index contributed by atoms with van der Waals surface area (Å²) in [6.45, 7) is 5.66. The van der Waals surface area contributed by atoms with E-state index in [1.165, 1.54) is 0 Å². The molecular weight excluding hydrogens is 278 g/mol. The van der Waals surface area contributed by atoms with Crippen molar-refractivity contribution in [1.82, 2.24) is 14.9 Å². The fourth-order valence-electron chi connectivity index (χ4n) is 2.80. The van der Waals surface area contributed by atoms with Crippen LogP contribution >= 0.6 is 0 Å². The van der Waals surface area contributed by atoms with Crippen LogP contribution in [-0.4, -0.2) is 22.0 Å². The number of hydrogen-bond acceptors (Lipinski definition) is 3. The SMILES string of the molecule is CC(C)CCNC(=O)c1ccc2c(=O)n3c(nc2c1)CCC3. The quantitative estimate of drug-likeness (QED) is 0.940. The van der Waals surface area contributed by atoms with Crippen LogP contribution < -0.4 is 10.9 Å². The van der Waals surface area contributed by atoms with Crippen LogP contribution in [0.25, 0.3) is 10.9 Å². The van der Waals surface area contributed by atoms with Crippen molar-refractivity contribution in [2.24, 2.45) is 5.92 Å². The molecule has 0 bridgehead atoms. The van der Waals surface area contributed by atoms with E-state index in [2.05, 4.69) is 24.1 Å². The molecule has 0 aliphatic carbocycles. The maximum atomic E-state index is 12.4. The molecule has 22 heavy (non-hydrogen) atoms. The average Bonchev–Trinajstić information content (AvgIpc) is 2.95. The van der Waals surface area contributed by atoms with Crippen LogP contribution in [0.2, 0.25) is 0 Å². The zero-order valence-corrected chi connectivity index (χ0v) is 13.1. The summed E-state index contributed by atoms with van der Waals surface area (Å²) in [6, 6.07) is 5.15. The number of nitrogens with one attached hydrogen (secondary N) is 1. The Kier molecular flexibility index (Phi) is 3.96. The highest BCUT2D eigenvalue weighted by Crippen LogP contribution is 2.16. The predicted molar refractivity (Wildman–Crippen MR) is 86.1 cm³/mol. The summed E-state index contributed by atoms with van der Waals surface area (Å²) in [7, 11) is 0. The first-order chi connectivity index (χ1) is 10.6. The van der Waals surface area contributed by atoms with Gasteiger partial charge in [0, 0.05) is 25.1 Å². The Morgan fingerprint density at radius 1 is 1.41 bits per heavy atom. The molecule has 0 radical (unpaired) electrons. The van der Waals surface area contributed by atoms with E-state index in [-0.39, 0.29) is 11.5 Å². The third-order valence-corrected chi connectivity index (χ3v) is 4.09. The summed E-state index contributed by atoms with van der Waals surface area (Å²) >= 11 is 0. The molecule has 3 rings (SSSR count). The van der Waals surface area contributed by atoms with Gasteiger partial charge in [-0.3, -0.25) is 14.2 Å². The van der Waals surface area contributed by atoms with Crippen molar-refractivity contribution in [3.05, 3.63) is 39.9 Å². The number of fused-ring (bicyclic) bond motifs is 2. The van der Waals surface area contributed by atoms with Crippen LogP contribution in [0.3, 0.4) is 0 Å². The number of carbonyl (C=O) groups is 1. The second kappa shape index (κ2) is 5.91. The predicted octanol–water partition coefficient (Wildman–Crippen LogP) is 2.12. The number of nitrogens with zero attached hydrogens (tertiary/aromatic N) is 2. The van der Waals surface area contributed by atoms with Crippen LogP contribution in [-0.2, 0) is 13.0 Å². The zero-order valence-electron chi connectivity index (χ0n) is 13.1. The van der Waals surface area contributed by atoms with Gasteiger partial charge in [0.05, 0.1) is 10.9 Å². The number of amides is 1. The molecule has 0 fully saturated rings. The number of aryl methyl sites for hydroxylation is 1. The Morgan fingerprint density at radius 2 is 2.23 bits per heavy atom. The van der Waals surface area contributed by atoms with Crippen molar-refractivity contribution >= 4 is 16.8 Å². The standard InChI is InChI=1S/C17H21N3O2/c1-11(2)7-8-18-16(21)12-5-6-13-14(10-12)19-15-4-3-9-20(15)17(13)22/h5-6,10-11H,3-4,7-9H2,1-2H3,(H,18,21). The maximum absolute atomic E-state index is 12.4. The van der Waals surface area contributed by atoms with E-state index in [1.54, 1.807) is 22.8 Å². The minimum atomic E-state index is -0.107. The number of rotatable bonds is 4. The molecule has 0 spiro atoms. The fourth-order valence-corrected chi connectivity index (χ4v) is 2.80. The summed E-state index contributed by atoms with van der Waals surface area (Å²) in [4.78, 5) is 29.1. The molecule has 2 aromatic rings. The van der Waals surface area contributed by atoms with E-state index in [9.17, 15) is 9.59 Å². The molecule has 0 unspecified atom stereocenters. The molecule has 0 atom stereocenters. The van der Waals surface area contributed by atoms with E-state index >= 15 is 0 Å². The number of aromatic nitrogens is 2. The normalized spacial score (nSPS) is 13.6. The summed E-state index contributed by atoms with van der Waals surface area (Å²) in [5, 5.41) is 3.50. The highest BCUT2D eigenvalue weighted by Gasteiger charge is 2.17. The molecule has 116 valence electrons. The van der Waals surface area contributed by atoms with Gasteiger partial charge < -0.3 is 5.32 Å². The summed E-state index contributed by atoms with van der Waals surface area (Å²) in [5.41, 5.74) is 1.19. The third kappa shape index (κ3) is 2.75. The lowest BCUT2D eigenvalue weighted by molar-refractivity contribution is 0.0952. The van der Waals surface area contributed by atoms with Gasteiger partial charge in [0.1, 0.15) is 5.82 Å². The number of hydrogen-bond donors (Lipinski definition) is 1. The first-order valence-corrected chi connectivity index (χ1v) is 7.88. The summed E-state index contributed by atoms with van der Waals surface area (Å²) < 4.78 is 1.74. The van der Waals surface area contributed by atoms with Crippen molar-refractivity contribution in [1.29, 1.82) is 0 Å². The molecule has 1 aliphatic rings. The van der Waals surface area contributed by atoms with Gasteiger partial charge in [-0.15, -0.1) is 0 Å². The molecule has 1 aliphatic heterocycles. The molecule has 1 aromatic heterocycles. The topological polar surface area (TPSA) is 64.0 Å². The molecule has 1 aromatic carbocycles. The highest BCUT2D eigenvalue weighted by molar-refractivity contribution is 5.97. The second-order valence-corrected chi connectivity index (χ2v) is 6.26. The maximum Gasteiger partial charge on any atom is 0.261 e. The average molecular weight is 299 g/mol. The Bertz CT molecular complexity index is 777. The fraction of sp³-hybridized carbons (Fsp3) is 0.471. The summed E-state index contributed by atoms with van der Waals surface area (Å²) in [6.07, 6.45) is 2.74. The number of benzene rings is 1. The lowest BCUT2D eigenvalue weighted by atomic mass is 10.1. The lowest BCUT2D eigenvalue weighted by Gasteiger charge is -2.09. The van der Waals surface area contributed by atoms with Gasteiger partial charge in [-0.2, -0.15) is 0 Å². The Balaban J connectivity index is 1.88. The highest BCUT2D eigenvalue weighted by atomic mass is 16.1. The van der Waals surface area contributed by atoms with Gasteiger partial charge in [0.15, 0.2) is 0 Å². The second-order valence-electron chi connectivity index (χ2n) is 6.26. The van der Waals surface area contributed by atoms with Gasteiger partial charge in [0.25, 0.3) is 11.5 Å². The Labute approximate surface area is 129 Å². The van der Waals surface area contributed by atoms with Crippen LogP contribution in [0.15, 0.2) is 23.0 Å². The van der Waals surface area contributed by atoms with E-state index in [0.29, 0.717) is 28.9 Å². The van der Waals surface area contributed by atoms with Crippen LogP contribution in [0, 0.1) is 5.92 Å². The monoisotopic (exact) mass is 299 g/mol. The van der Waals surface area contributed by atoms with Crippen LogP contribution in [0.1, 0.15) is 42.9 Å². The van der Waals surface area contributed by atoms with Crippen molar-refractivity contribution in [3.8, 4) is 0 Å². The van der Waals surface area contributed by atoms with Crippen molar-refractivity contribution in [2.45, 2.75) is 39.7 Å². The molecule has 5 nitrogen and oxygen atoms in total. The van der Waals surface area contributed by atoms with Gasteiger partial charge >= 0.3 is 0 Å². The van der Waals surface area contributed by atoms with Gasteiger partial charge in [-0.25, -0.2) is 4.98 Å². The van der Waals surface area contributed by atoms with E-state index < -0.39 is 0 Å². The van der Waals surface area contributed by atoms with E-state index in [1.807, 2.05) is 0 Å². The molecule has 0 saturated heterocycles. The largest absolute Gasteiger partial charge is 0.352 e. The van der Waals surface area contributed by atoms with Gasteiger partial charge in [0.2, 0.25) is 0 Å². The minimum absolute atomic E-state index is 0.00395. The third-order valence-electron chi connectivity index (χ3n) is 4.09. The van der Waals surface area contributed by atoms with Gasteiger partial charge in [-0.1, -0.05) is 13.8 Å². The Morgan fingerprint density at radius 3 is 3.00 bits per heavy atom. The molecule has 1 amide bonds. The molecular formula is C17H21N3O2. The number of carbonyl (C=O) groups excluding carboxylic acids is 1. The van der Waals surface area contributed by atoms with Crippen LogP contribution in [0.4, 0.5) is 0 Å². The Hall–Kier alpha value is -2.17. The lowest BCUT2D eigenvalue weighted by Crippen LogP contribution is -2.26. The minimum Gasteiger partial charge on any atom is -0.352 e. The summed E-state index contributed by atoms with van der Waals surface area (Å²) in [5.74, 6) is 1.28. The van der Waals surface area contributed by atoms with E-state index in [4.69, 9.17) is 0 Å². The van der Waals surface area contributed by atoms with E-state index in [0.717, 1.165) is 31.6 Å². The smallest absolute Gasteiger partial charge is 0.261 e. The van der Waals surface area contributed by atoms with Crippen molar-refractivity contribution in [3.63, 3.8) is 0 Å². The first kappa shape index (κ1) is 14.8.